The highest BCUT2D eigenvalue weighted by atomic mass is 32.2. The van der Waals surface area contributed by atoms with Crippen molar-refractivity contribution in [3.05, 3.63) is 35.6 Å². The van der Waals surface area contributed by atoms with E-state index in [9.17, 15) is 22.7 Å². The van der Waals surface area contributed by atoms with Gasteiger partial charge in [-0.05, 0) is 12.5 Å². The van der Waals surface area contributed by atoms with Gasteiger partial charge in [0.2, 0.25) is 0 Å². The average Bonchev–Trinajstić information content (AvgIpc) is 2.41. The average molecular weight is 325 g/mol. The third kappa shape index (κ3) is 6.23. The molecule has 0 aromatic heterocycles. The molecule has 1 aromatic carbocycles. The van der Waals surface area contributed by atoms with Gasteiger partial charge >= 0.3 is 6.18 Å². The number of nitrogens with one attached hydrogen (secondary N) is 1. The SMILES string of the molecule is CCCCSNC(CC(O)C(F)(F)F)c1ccccc1F. The van der Waals surface area contributed by atoms with Crippen molar-refractivity contribution in [2.45, 2.75) is 44.5 Å². The Morgan fingerprint density at radius 2 is 1.95 bits per heavy atom. The van der Waals surface area contributed by atoms with E-state index in [-0.39, 0.29) is 5.56 Å². The van der Waals surface area contributed by atoms with Crippen molar-refractivity contribution in [3.63, 3.8) is 0 Å². The zero-order chi connectivity index (χ0) is 15.9. The molecule has 0 radical (unpaired) electrons. The van der Waals surface area contributed by atoms with Gasteiger partial charge in [-0.3, -0.25) is 4.72 Å². The smallest absolute Gasteiger partial charge is 0.384 e. The molecule has 2 N–H and O–H groups in total. The van der Waals surface area contributed by atoms with Crippen LogP contribution in [0.15, 0.2) is 24.3 Å². The van der Waals surface area contributed by atoms with Crippen molar-refractivity contribution in [1.29, 1.82) is 0 Å². The van der Waals surface area contributed by atoms with Gasteiger partial charge in [0.1, 0.15) is 5.82 Å². The Kier molecular flexibility index (Phi) is 7.48. The van der Waals surface area contributed by atoms with Gasteiger partial charge in [0.05, 0.1) is 0 Å². The fourth-order valence-electron chi connectivity index (χ4n) is 1.73. The number of aliphatic hydroxyl groups excluding tert-OH is 1. The van der Waals surface area contributed by atoms with Crippen LogP contribution in [0.5, 0.6) is 0 Å². The lowest BCUT2D eigenvalue weighted by Crippen LogP contribution is -2.33. The van der Waals surface area contributed by atoms with E-state index in [1.807, 2.05) is 6.92 Å². The van der Waals surface area contributed by atoms with Crippen LogP contribution in [0.25, 0.3) is 0 Å². The van der Waals surface area contributed by atoms with Crippen LogP contribution in [0.1, 0.15) is 37.8 Å². The largest absolute Gasteiger partial charge is 0.414 e. The second-order valence-electron chi connectivity index (χ2n) is 4.69. The highest BCUT2D eigenvalue weighted by Gasteiger charge is 2.40. The van der Waals surface area contributed by atoms with Crippen molar-refractivity contribution in [1.82, 2.24) is 4.72 Å². The van der Waals surface area contributed by atoms with Crippen molar-refractivity contribution >= 4 is 11.9 Å². The molecule has 0 aliphatic carbocycles. The Morgan fingerprint density at radius 1 is 1.29 bits per heavy atom. The minimum absolute atomic E-state index is 0.129. The Bertz CT molecular complexity index is 428. The summed E-state index contributed by atoms with van der Waals surface area (Å²) in [7, 11) is 0. The van der Waals surface area contributed by atoms with Crippen LogP contribution in [0.3, 0.4) is 0 Å². The molecule has 1 aromatic rings. The fourth-order valence-corrected chi connectivity index (χ4v) is 2.70. The number of unbranched alkanes of at least 4 members (excludes halogenated alkanes) is 1. The molecule has 0 fully saturated rings. The van der Waals surface area contributed by atoms with Crippen LogP contribution in [-0.4, -0.2) is 23.1 Å². The van der Waals surface area contributed by atoms with Crippen LogP contribution >= 0.6 is 11.9 Å². The predicted molar refractivity (Wildman–Crippen MR) is 76.3 cm³/mol. The van der Waals surface area contributed by atoms with Gasteiger partial charge in [-0.1, -0.05) is 43.5 Å². The molecule has 0 saturated heterocycles. The minimum atomic E-state index is -4.71. The quantitative estimate of drug-likeness (QED) is 0.426. The second-order valence-corrected chi connectivity index (χ2v) is 5.62. The maximum Gasteiger partial charge on any atom is 0.414 e. The van der Waals surface area contributed by atoms with E-state index in [4.69, 9.17) is 0 Å². The summed E-state index contributed by atoms with van der Waals surface area (Å²) in [6.07, 6.45) is -5.95. The van der Waals surface area contributed by atoms with E-state index in [1.54, 1.807) is 6.07 Å². The summed E-state index contributed by atoms with van der Waals surface area (Å²) in [5.74, 6) is 0.129. The van der Waals surface area contributed by atoms with E-state index in [0.29, 0.717) is 5.75 Å². The molecular weight excluding hydrogens is 306 g/mol. The predicted octanol–water partition coefficient (Wildman–Crippen LogP) is 4.22. The highest BCUT2D eigenvalue weighted by molar-refractivity contribution is 7.97. The van der Waals surface area contributed by atoms with Crippen LogP contribution in [0.4, 0.5) is 17.6 Å². The van der Waals surface area contributed by atoms with Crippen LogP contribution in [0, 0.1) is 5.82 Å². The summed E-state index contributed by atoms with van der Waals surface area (Å²) in [4.78, 5) is 0. The summed E-state index contributed by atoms with van der Waals surface area (Å²) < 4.78 is 54.1. The number of rotatable bonds is 8. The van der Waals surface area contributed by atoms with Gasteiger partial charge in [0, 0.05) is 23.8 Å². The van der Waals surface area contributed by atoms with E-state index < -0.39 is 30.6 Å². The summed E-state index contributed by atoms with van der Waals surface area (Å²) in [5, 5.41) is 9.21. The minimum Gasteiger partial charge on any atom is -0.384 e. The van der Waals surface area contributed by atoms with E-state index in [0.717, 1.165) is 12.8 Å². The number of aliphatic hydroxyl groups is 1. The first-order valence-electron chi connectivity index (χ1n) is 6.72. The van der Waals surface area contributed by atoms with E-state index in [1.165, 1.54) is 30.1 Å². The molecule has 0 aliphatic heterocycles. The summed E-state index contributed by atoms with van der Waals surface area (Å²) >= 11 is 1.25. The number of alkyl halides is 3. The lowest BCUT2D eigenvalue weighted by Gasteiger charge is -2.23. The first kappa shape index (κ1) is 18.3. The summed E-state index contributed by atoms with van der Waals surface area (Å²) in [6.45, 7) is 2.00. The third-order valence-corrected chi connectivity index (χ3v) is 3.89. The first-order chi connectivity index (χ1) is 9.86. The van der Waals surface area contributed by atoms with Gasteiger partial charge in [0.25, 0.3) is 0 Å². The van der Waals surface area contributed by atoms with E-state index >= 15 is 0 Å². The van der Waals surface area contributed by atoms with Gasteiger partial charge < -0.3 is 5.11 Å². The lowest BCUT2D eigenvalue weighted by atomic mass is 10.0. The maximum atomic E-state index is 13.7. The lowest BCUT2D eigenvalue weighted by molar-refractivity contribution is -0.206. The second kappa shape index (κ2) is 8.60. The molecule has 120 valence electrons. The number of benzene rings is 1. The Morgan fingerprint density at radius 3 is 2.52 bits per heavy atom. The molecule has 0 heterocycles. The molecular formula is C14H19F4NOS. The van der Waals surface area contributed by atoms with Crippen LogP contribution < -0.4 is 4.72 Å². The Balaban J connectivity index is 2.77. The Labute approximate surface area is 126 Å². The van der Waals surface area contributed by atoms with Gasteiger partial charge in [-0.15, -0.1) is 0 Å². The topological polar surface area (TPSA) is 32.3 Å². The molecule has 2 nitrogen and oxygen atoms in total. The van der Waals surface area contributed by atoms with Crippen LogP contribution in [0.2, 0.25) is 0 Å². The maximum absolute atomic E-state index is 13.7. The molecule has 0 aliphatic rings. The molecule has 1 rings (SSSR count). The summed E-state index contributed by atoms with van der Waals surface area (Å²) in [5.41, 5.74) is 0.129. The molecule has 7 heteroatoms. The zero-order valence-electron chi connectivity index (χ0n) is 11.7. The van der Waals surface area contributed by atoms with Crippen molar-refractivity contribution in [2.24, 2.45) is 0 Å². The molecule has 0 bridgehead atoms. The number of halogens is 4. The zero-order valence-corrected chi connectivity index (χ0v) is 12.5. The molecule has 21 heavy (non-hydrogen) atoms. The summed E-state index contributed by atoms with van der Waals surface area (Å²) in [6, 6.07) is 4.76. The number of hydrogen-bond acceptors (Lipinski definition) is 3. The molecule has 2 unspecified atom stereocenters. The normalized spacial score (nSPS) is 15.0. The monoisotopic (exact) mass is 325 g/mol. The standard InChI is InChI=1S/C14H19F4NOS/c1-2-3-8-21-19-12(9-13(20)14(16,17)18)10-6-4-5-7-11(10)15/h4-7,12-13,19-20H,2-3,8-9H2,1H3. The van der Waals surface area contributed by atoms with Gasteiger partial charge in [0.15, 0.2) is 6.10 Å². The van der Waals surface area contributed by atoms with Crippen molar-refractivity contribution in [3.8, 4) is 0 Å². The van der Waals surface area contributed by atoms with Gasteiger partial charge in [-0.25, -0.2) is 4.39 Å². The molecule has 0 amide bonds. The fraction of sp³-hybridized carbons (Fsp3) is 0.571. The van der Waals surface area contributed by atoms with Gasteiger partial charge in [-0.2, -0.15) is 13.2 Å². The Hall–Kier alpha value is -0.790. The van der Waals surface area contributed by atoms with Crippen molar-refractivity contribution < 1.29 is 22.7 Å². The molecule has 2 atom stereocenters. The molecule has 0 spiro atoms. The van der Waals surface area contributed by atoms with Crippen molar-refractivity contribution in [2.75, 3.05) is 5.75 Å². The van der Waals surface area contributed by atoms with E-state index in [2.05, 4.69) is 4.72 Å². The number of hydrogen-bond donors (Lipinski definition) is 2. The van der Waals surface area contributed by atoms with Crippen LogP contribution in [-0.2, 0) is 0 Å². The highest BCUT2D eigenvalue weighted by Crippen LogP contribution is 2.30. The third-order valence-electron chi connectivity index (χ3n) is 2.94. The molecule has 0 saturated carbocycles. The first-order valence-corrected chi connectivity index (χ1v) is 7.71.